The maximum absolute atomic E-state index is 13.5. The van der Waals surface area contributed by atoms with E-state index in [1.807, 2.05) is 6.07 Å². The minimum atomic E-state index is -3.12. The van der Waals surface area contributed by atoms with Crippen molar-refractivity contribution in [3.63, 3.8) is 0 Å². The quantitative estimate of drug-likeness (QED) is 0.655. The lowest BCUT2D eigenvalue weighted by molar-refractivity contribution is -0.0521. The molecule has 3 nitrogen and oxygen atoms in total. The Morgan fingerprint density at radius 2 is 1.81 bits per heavy atom. The van der Waals surface area contributed by atoms with Crippen LogP contribution in [0.15, 0.2) is 39.3 Å². The van der Waals surface area contributed by atoms with Crippen molar-refractivity contribution in [1.82, 2.24) is 0 Å². The zero-order chi connectivity index (χ0) is 15.6. The highest BCUT2D eigenvalue weighted by Crippen LogP contribution is 2.34. The van der Waals surface area contributed by atoms with Gasteiger partial charge in [-0.3, -0.25) is 0 Å². The molecule has 0 saturated carbocycles. The van der Waals surface area contributed by atoms with Crippen LogP contribution >= 0.6 is 31.9 Å². The maximum Gasteiger partial charge on any atom is 0.387 e. The van der Waals surface area contributed by atoms with Crippen molar-refractivity contribution >= 4 is 48.9 Å². The molecule has 112 valence electrons. The number of hydrogen-bond donors (Lipinski definition) is 2. The summed E-state index contributed by atoms with van der Waals surface area (Å²) in [5.74, 6) is -1.53. The lowest BCUT2D eigenvalue weighted by Gasteiger charge is -2.14. The predicted octanol–water partition coefficient (Wildman–Crippen LogP) is 5.28. The molecule has 21 heavy (non-hydrogen) atoms. The fourth-order valence-corrected chi connectivity index (χ4v) is 2.31. The van der Waals surface area contributed by atoms with E-state index in [0.29, 0.717) is 5.69 Å². The van der Waals surface area contributed by atoms with E-state index in [4.69, 9.17) is 5.73 Å². The molecule has 0 saturated heterocycles. The highest BCUT2D eigenvalue weighted by atomic mass is 79.9. The summed E-state index contributed by atoms with van der Waals surface area (Å²) in [6, 6.07) is 7.36. The summed E-state index contributed by atoms with van der Waals surface area (Å²) >= 11 is 6.65. The third-order valence-electron chi connectivity index (χ3n) is 2.52. The van der Waals surface area contributed by atoms with Gasteiger partial charge in [-0.1, -0.05) is 15.9 Å². The SMILES string of the molecule is Nc1cc(F)c(OC(F)F)cc1Nc1cc(Br)ccc1Br. The molecular formula is C13H9Br2F3N2O. The van der Waals surface area contributed by atoms with Gasteiger partial charge in [-0.2, -0.15) is 8.78 Å². The molecule has 0 aliphatic rings. The van der Waals surface area contributed by atoms with Gasteiger partial charge in [-0.05, 0) is 34.1 Å². The Morgan fingerprint density at radius 1 is 1.10 bits per heavy atom. The second-order valence-corrected chi connectivity index (χ2v) is 5.77. The molecule has 0 bridgehead atoms. The van der Waals surface area contributed by atoms with Crippen LogP contribution in [0.3, 0.4) is 0 Å². The summed E-state index contributed by atoms with van der Waals surface area (Å²) in [7, 11) is 0. The van der Waals surface area contributed by atoms with Crippen LogP contribution in [0.1, 0.15) is 0 Å². The largest absolute Gasteiger partial charge is 0.432 e. The van der Waals surface area contributed by atoms with E-state index < -0.39 is 18.2 Å². The predicted molar refractivity (Wildman–Crippen MR) is 82.6 cm³/mol. The molecule has 8 heteroatoms. The first-order chi connectivity index (χ1) is 9.86. The van der Waals surface area contributed by atoms with Gasteiger partial charge in [0.1, 0.15) is 0 Å². The summed E-state index contributed by atoms with van der Waals surface area (Å²) in [6.07, 6.45) is 0. The standard InChI is InChI=1S/C13H9Br2F3N2O/c14-6-1-2-7(15)10(3-6)20-11-5-12(21-13(17)18)8(16)4-9(11)19/h1-5,13,20H,19H2. The van der Waals surface area contributed by atoms with E-state index in [1.165, 1.54) is 0 Å². The van der Waals surface area contributed by atoms with E-state index in [2.05, 4.69) is 41.9 Å². The van der Waals surface area contributed by atoms with Gasteiger partial charge in [0.15, 0.2) is 11.6 Å². The normalized spacial score (nSPS) is 10.8. The molecule has 0 radical (unpaired) electrons. The van der Waals surface area contributed by atoms with E-state index in [-0.39, 0.29) is 11.4 Å². The summed E-state index contributed by atoms with van der Waals surface area (Å²) in [6.45, 7) is -3.12. The van der Waals surface area contributed by atoms with Crippen LogP contribution < -0.4 is 15.8 Å². The number of benzene rings is 2. The fraction of sp³-hybridized carbons (Fsp3) is 0.0769. The minimum Gasteiger partial charge on any atom is -0.432 e. The first-order valence-electron chi connectivity index (χ1n) is 5.62. The molecule has 0 heterocycles. The maximum atomic E-state index is 13.5. The number of halogens is 5. The van der Waals surface area contributed by atoms with Gasteiger partial charge < -0.3 is 15.8 Å². The molecule has 0 aromatic heterocycles. The van der Waals surface area contributed by atoms with Gasteiger partial charge in [0.25, 0.3) is 0 Å². The van der Waals surface area contributed by atoms with Gasteiger partial charge in [0.2, 0.25) is 0 Å². The monoisotopic (exact) mass is 424 g/mol. The molecule has 0 unspecified atom stereocenters. The van der Waals surface area contributed by atoms with Gasteiger partial charge >= 0.3 is 6.61 Å². The van der Waals surface area contributed by atoms with E-state index in [9.17, 15) is 13.2 Å². The molecule has 0 aliphatic heterocycles. The number of ether oxygens (including phenoxy) is 1. The van der Waals surface area contributed by atoms with Crippen molar-refractivity contribution in [3.8, 4) is 5.75 Å². The number of nitrogens with two attached hydrogens (primary N) is 1. The van der Waals surface area contributed by atoms with Gasteiger partial charge in [-0.15, -0.1) is 0 Å². The average molecular weight is 426 g/mol. The van der Waals surface area contributed by atoms with E-state index >= 15 is 0 Å². The number of hydrogen-bond acceptors (Lipinski definition) is 3. The zero-order valence-corrected chi connectivity index (χ0v) is 13.5. The van der Waals surface area contributed by atoms with Gasteiger partial charge in [0.05, 0.1) is 17.1 Å². The Labute approximate surface area is 135 Å². The minimum absolute atomic E-state index is 0.0704. The average Bonchev–Trinajstić information content (AvgIpc) is 2.39. The second-order valence-electron chi connectivity index (χ2n) is 4.00. The van der Waals surface area contributed by atoms with E-state index in [0.717, 1.165) is 21.1 Å². The molecular weight excluding hydrogens is 417 g/mol. The number of anilines is 3. The molecule has 0 amide bonds. The van der Waals surface area contributed by atoms with Crippen LogP contribution in [0.25, 0.3) is 0 Å². The summed E-state index contributed by atoms with van der Waals surface area (Å²) < 4.78 is 43.6. The Kier molecular flexibility index (Phi) is 5.00. The third kappa shape index (κ3) is 4.04. The van der Waals surface area contributed by atoms with Crippen LogP contribution in [0.5, 0.6) is 5.75 Å². The Bertz CT molecular complexity index is 668. The topological polar surface area (TPSA) is 47.3 Å². The van der Waals surface area contributed by atoms with Gasteiger partial charge in [0, 0.05) is 21.1 Å². The molecule has 0 aliphatic carbocycles. The Morgan fingerprint density at radius 3 is 2.48 bits per heavy atom. The lowest BCUT2D eigenvalue weighted by Crippen LogP contribution is -2.06. The molecule has 0 atom stereocenters. The number of rotatable bonds is 4. The molecule has 2 aromatic rings. The molecule has 2 aromatic carbocycles. The van der Waals surface area contributed by atoms with Crippen molar-refractivity contribution in [2.45, 2.75) is 6.61 Å². The highest BCUT2D eigenvalue weighted by Gasteiger charge is 2.14. The lowest BCUT2D eigenvalue weighted by atomic mass is 10.2. The summed E-state index contributed by atoms with van der Waals surface area (Å²) in [4.78, 5) is 0. The number of alkyl halides is 2. The van der Waals surface area contributed by atoms with Crippen molar-refractivity contribution < 1.29 is 17.9 Å². The first kappa shape index (κ1) is 16.0. The summed E-state index contributed by atoms with van der Waals surface area (Å²) in [5.41, 5.74) is 6.64. The first-order valence-corrected chi connectivity index (χ1v) is 7.21. The number of nitrogen functional groups attached to an aromatic ring is 1. The smallest absolute Gasteiger partial charge is 0.387 e. The van der Waals surface area contributed by atoms with Crippen LogP contribution in [0.4, 0.5) is 30.2 Å². The van der Waals surface area contributed by atoms with Crippen molar-refractivity contribution in [1.29, 1.82) is 0 Å². The summed E-state index contributed by atoms with van der Waals surface area (Å²) in [5, 5.41) is 2.93. The van der Waals surface area contributed by atoms with E-state index in [1.54, 1.807) is 12.1 Å². The van der Waals surface area contributed by atoms with Crippen LogP contribution in [0, 0.1) is 5.82 Å². The molecule has 3 N–H and O–H groups in total. The Hall–Kier alpha value is -1.41. The van der Waals surface area contributed by atoms with Crippen molar-refractivity contribution in [2.75, 3.05) is 11.1 Å². The molecule has 0 spiro atoms. The van der Waals surface area contributed by atoms with Crippen molar-refractivity contribution in [3.05, 3.63) is 45.1 Å². The molecule has 0 fully saturated rings. The highest BCUT2D eigenvalue weighted by molar-refractivity contribution is 9.11. The zero-order valence-electron chi connectivity index (χ0n) is 10.3. The van der Waals surface area contributed by atoms with Crippen LogP contribution in [-0.4, -0.2) is 6.61 Å². The fourth-order valence-electron chi connectivity index (χ4n) is 1.60. The van der Waals surface area contributed by atoms with Crippen molar-refractivity contribution in [2.24, 2.45) is 0 Å². The molecule has 2 rings (SSSR count). The van der Waals surface area contributed by atoms with Gasteiger partial charge in [-0.25, -0.2) is 4.39 Å². The third-order valence-corrected chi connectivity index (χ3v) is 3.70. The second kappa shape index (κ2) is 6.57. The Balaban J connectivity index is 2.37. The van der Waals surface area contributed by atoms with Crippen LogP contribution in [0.2, 0.25) is 0 Å². The number of nitrogens with one attached hydrogen (secondary N) is 1. The van der Waals surface area contributed by atoms with Crippen LogP contribution in [-0.2, 0) is 0 Å².